The van der Waals surface area contributed by atoms with Crippen LogP contribution < -0.4 is 5.01 Å². The van der Waals surface area contributed by atoms with Crippen molar-refractivity contribution in [1.82, 2.24) is 9.97 Å². The molecule has 1 atom stereocenters. The number of furan rings is 1. The van der Waals surface area contributed by atoms with Gasteiger partial charge < -0.3 is 4.42 Å². The first kappa shape index (κ1) is 21.1. The van der Waals surface area contributed by atoms with Crippen LogP contribution in [0, 0.1) is 0 Å². The van der Waals surface area contributed by atoms with E-state index in [4.69, 9.17) is 31.1 Å². The van der Waals surface area contributed by atoms with E-state index >= 15 is 0 Å². The Labute approximate surface area is 209 Å². The molecule has 0 unspecified atom stereocenters. The number of hydrazone groups is 1. The van der Waals surface area contributed by atoms with Gasteiger partial charge in [0.1, 0.15) is 11.5 Å². The average molecular weight is 530 g/mol. The van der Waals surface area contributed by atoms with Gasteiger partial charge in [-0.1, -0.05) is 70.0 Å². The summed E-state index contributed by atoms with van der Waals surface area (Å²) >= 11 is 9.87. The molecule has 0 spiro atoms. The molecule has 34 heavy (non-hydrogen) atoms. The second-order valence-corrected chi connectivity index (χ2v) is 9.39. The zero-order chi connectivity index (χ0) is 23.1. The van der Waals surface area contributed by atoms with E-state index in [2.05, 4.69) is 28.1 Å². The third-order valence-corrected chi connectivity index (χ3v) is 6.63. The standard InChI is InChI=1S/C27H18BrClN4O/c28-19-10-8-17(9-11-19)24-16-23(25-7-4-14-34-25)32-33(24)27-30-22-13-12-20(29)15-21(22)26(31-27)18-5-2-1-3-6-18/h1-15,24H,16H2/t24-/m0/s1. The first-order valence-electron chi connectivity index (χ1n) is 10.8. The lowest BCUT2D eigenvalue weighted by Crippen LogP contribution is -2.21. The molecule has 0 bridgehead atoms. The van der Waals surface area contributed by atoms with E-state index in [0.29, 0.717) is 17.4 Å². The highest BCUT2D eigenvalue weighted by Gasteiger charge is 2.33. The van der Waals surface area contributed by atoms with Gasteiger partial charge in [-0.25, -0.2) is 15.0 Å². The molecule has 2 aromatic heterocycles. The van der Waals surface area contributed by atoms with Gasteiger partial charge in [0.15, 0.2) is 0 Å². The molecule has 0 aliphatic carbocycles. The molecular formula is C27H18BrClN4O. The van der Waals surface area contributed by atoms with Gasteiger partial charge in [-0.15, -0.1) is 0 Å². The van der Waals surface area contributed by atoms with Crippen molar-refractivity contribution in [1.29, 1.82) is 0 Å². The maximum Gasteiger partial charge on any atom is 0.247 e. The smallest absolute Gasteiger partial charge is 0.247 e. The van der Waals surface area contributed by atoms with E-state index in [9.17, 15) is 0 Å². The number of hydrogen-bond acceptors (Lipinski definition) is 5. The minimum absolute atomic E-state index is 0.0680. The van der Waals surface area contributed by atoms with E-state index in [0.717, 1.165) is 43.7 Å². The van der Waals surface area contributed by atoms with E-state index in [1.165, 1.54) is 0 Å². The second kappa shape index (κ2) is 8.70. The van der Waals surface area contributed by atoms with Gasteiger partial charge in [-0.05, 0) is 48.0 Å². The fourth-order valence-electron chi connectivity index (χ4n) is 4.24. The zero-order valence-electron chi connectivity index (χ0n) is 17.9. The van der Waals surface area contributed by atoms with Crippen molar-refractivity contribution >= 4 is 50.1 Å². The van der Waals surface area contributed by atoms with Gasteiger partial charge >= 0.3 is 0 Å². The monoisotopic (exact) mass is 528 g/mol. The molecule has 5 aromatic rings. The first-order valence-corrected chi connectivity index (χ1v) is 12.0. The molecule has 1 aliphatic heterocycles. The van der Waals surface area contributed by atoms with Crippen molar-refractivity contribution in [2.45, 2.75) is 12.5 Å². The lowest BCUT2D eigenvalue weighted by Gasteiger charge is -2.23. The summed E-state index contributed by atoms with van der Waals surface area (Å²) in [7, 11) is 0. The number of aromatic nitrogens is 2. The zero-order valence-corrected chi connectivity index (χ0v) is 20.2. The van der Waals surface area contributed by atoms with Gasteiger partial charge in [0.2, 0.25) is 5.95 Å². The van der Waals surface area contributed by atoms with Crippen LogP contribution in [0.1, 0.15) is 23.8 Å². The summed E-state index contributed by atoms with van der Waals surface area (Å²) in [5.74, 6) is 1.28. The number of hydrogen-bond donors (Lipinski definition) is 0. The summed E-state index contributed by atoms with van der Waals surface area (Å²) in [4.78, 5) is 9.92. The molecule has 1 aliphatic rings. The molecular weight excluding hydrogens is 512 g/mol. The fourth-order valence-corrected chi connectivity index (χ4v) is 4.67. The van der Waals surface area contributed by atoms with Crippen molar-refractivity contribution in [3.05, 3.63) is 112 Å². The summed E-state index contributed by atoms with van der Waals surface area (Å²) in [5, 5.41) is 8.38. The quantitative estimate of drug-likeness (QED) is 0.240. The van der Waals surface area contributed by atoms with Gasteiger partial charge in [0.25, 0.3) is 0 Å². The lowest BCUT2D eigenvalue weighted by molar-refractivity contribution is 0.556. The molecule has 0 saturated heterocycles. The predicted molar refractivity (Wildman–Crippen MR) is 139 cm³/mol. The van der Waals surface area contributed by atoms with E-state index in [1.54, 1.807) is 6.26 Å². The first-order chi connectivity index (χ1) is 16.7. The Bertz CT molecular complexity index is 1500. The van der Waals surface area contributed by atoms with Gasteiger partial charge in [0, 0.05) is 26.9 Å². The Balaban J connectivity index is 1.54. The molecule has 5 nitrogen and oxygen atoms in total. The van der Waals surface area contributed by atoms with E-state index in [-0.39, 0.29) is 6.04 Å². The van der Waals surface area contributed by atoms with Crippen LogP contribution in [0.15, 0.2) is 105 Å². The molecule has 0 N–H and O–H groups in total. The van der Waals surface area contributed by atoms with Crippen LogP contribution in [0.25, 0.3) is 22.2 Å². The lowest BCUT2D eigenvalue weighted by atomic mass is 10.0. The molecule has 3 aromatic carbocycles. The van der Waals surface area contributed by atoms with E-state index < -0.39 is 0 Å². The normalized spacial score (nSPS) is 15.6. The molecule has 7 heteroatoms. The summed E-state index contributed by atoms with van der Waals surface area (Å²) in [5.41, 5.74) is 4.60. The molecule has 0 fully saturated rings. The van der Waals surface area contributed by atoms with Crippen LogP contribution in [-0.4, -0.2) is 15.7 Å². The van der Waals surface area contributed by atoms with Crippen LogP contribution >= 0.6 is 27.5 Å². The van der Waals surface area contributed by atoms with Crippen LogP contribution in [0.5, 0.6) is 0 Å². The number of rotatable bonds is 4. The van der Waals surface area contributed by atoms with Crippen molar-refractivity contribution in [2.75, 3.05) is 5.01 Å². The SMILES string of the molecule is Clc1ccc2nc(N3N=C(c4ccco4)C[C@H]3c3ccc(Br)cc3)nc(-c3ccccc3)c2c1. The highest BCUT2D eigenvalue weighted by molar-refractivity contribution is 9.10. The molecule has 166 valence electrons. The van der Waals surface area contributed by atoms with Crippen LogP contribution in [0.2, 0.25) is 5.02 Å². The van der Waals surface area contributed by atoms with Crippen LogP contribution in [-0.2, 0) is 0 Å². The summed E-state index contributed by atoms with van der Waals surface area (Å²) < 4.78 is 6.69. The molecule has 6 rings (SSSR count). The largest absolute Gasteiger partial charge is 0.463 e. The number of fused-ring (bicyclic) bond motifs is 1. The van der Waals surface area contributed by atoms with Crippen molar-refractivity contribution < 1.29 is 4.42 Å². The maximum absolute atomic E-state index is 6.34. The summed E-state index contributed by atoms with van der Waals surface area (Å²) in [6, 6.07) is 27.8. The fraction of sp³-hybridized carbons (Fsp3) is 0.0741. The number of benzene rings is 3. The summed E-state index contributed by atoms with van der Waals surface area (Å²) in [6.07, 6.45) is 2.34. The topological polar surface area (TPSA) is 54.5 Å². The molecule has 0 saturated carbocycles. The minimum Gasteiger partial charge on any atom is -0.463 e. The van der Waals surface area contributed by atoms with Crippen LogP contribution in [0.3, 0.4) is 0 Å². The van der Waals surface area contributed by atoms with Gasteiger partial charge in [-0.3, -0.25) is 0 Å². The van der Waals surface area contributed by atoms with E-state index in [1.807, 2.05) is 77.8 Å². The van der Waals surface area contributed by atoms with Gasteiger partial charge in [0.05, 0.1) is 23.5 Å². The van der Waals surface area contributed by atoms with Crippen molar-refractivity contribution in [2.24, 2.45) is 5.10 Å². The summed E-state index contributed by atoms with van der Waals surface area (Å²) in [6.45, 7) is 0. The highest BCUT2D eigenvalue weighted by Crippen LogP contribution is 2.38. The maximum atomic E-state index is 6.34. The van der Waals surface area contributed by atoms with Crippen LogP contribution in [0.4, 0.5) is 5.95 Å². The second-order valence-electron chi connectivity index (χ2n) is 8.04. The molecule has 0 amide bonds. The number of halogens is 2. The third-order valence-electron chi connectivity index (χ3n) is 5.87. The molecule has 3 heterocycles. The molecule has 0 radical (unpaired) electrons. The number of nitrogens with zero attached hydrogens (tertiary/aromatic N) is 4. The minimum atomic E-state index is -0.0680. The third kappa shape index (κ3) is 3.89. The Hall–Kier alpha value is -3.48. The van der Waals surface area contributed by atoms with Crippen molar-refractivity contribution in [3.63, 3.8) is 0 Å². The Morgan fingerprint density at radius 1 is 0.912 bits per heavy atom. The Morgan fingerprint density at radius 3 is 2.50 bits per heavy atom. The average Bonchev–Trinajstić information content (AvgIpc) is 3.55. The Kier molecular flexibility index (Phi) is 5.40. The van der Waals surface area contributed by atoms with Crippen molar-refractivity contribution in [3.8, 4) is 11.3 Å². The number of anilines is 1. The van der Waals surface area contributed by atoms with Gasteiger partial charge in [-0.2, -0.15) is 5.10 Å². The Morgan fingerprint density at radius 2 is 1.74 bits per heavy atom. The highest BCUT2D eigenvalue weighted by atomic mass is 79.9. The predicted octanol–water partition coefficient (Wildman–Crippen LogP) is 7.66.